The van der Waals surface area contributed by atoms with Crippen LogP contribution in [0.1, 0.15) is 32.6 Å². The molecule has 0 fully saturated rings. The van der Waals surface area contributed by atoms with Gasteiger partial charge in [-0.1, -0.05) is 0 Å². The van der Waals surface area contributed by atoms with Gasteiger partial charge in [-0.2, -0.15) is 0 Å². The average Bonchev–Trinajstić information content (AvgIpc) is 2.03. The van der Waals surface area contributed by atoms with Crippen LogP contribution in [0.2, 0.25) is 5.82 Å². The van der Waals surface area contributed by atoms with Crippen LogP contribution in [0.15, 0.2) is 7.86 Å². The minimum atomic E-state index is 0.602. The Kier molecular flexibility index (Phi) is 8.72. The first-order valence-electron chi connectivity index (χ1n) is 3.80. The molecule has 0 bridgehead atoms. The zero-order chi connectivity index (χ0) is 8.69. The van der Waals surface area contributed by atoms with E-state index in [1.807, 2.05) is 0 Å². The van der Waals surface area contributed by atoms with Crippen LogP contribution in [0.5, 0.6) is 0 Å². The van der Waals surface area contributed by atoms with E-state index in [4.69, 9.17) is 0 Å². The summed E-state index contributed by atoms with van der Waals surface area (Å²) in [7, 11) is 0. The third-order valence-corrected chi connectivity index (χ3v) is 6.74. The number of unbranched alkanes of at least 4 members (excludes halogenated alkanes) is 2. The summed E-state index contributed by atoms with van der Waals surface area (Å²) < 4.78 is 2.74. The second kappa shape index (κ2) is 7.85. The van der Waals surface area contributed by atoms with Crippen molar-refractivity contribution in [2.75, 3.05) is 0 Å². The van der Waals surface area contributed by atoms with Crippen LogP contribution in [0.4, 0.5) is 0 Å². The molecule has 0 spiro atoms. The van der Waals surface area contributed by atoms with E-state index < -0.39 is 0 Å². The molecule has 0 aliphatic rings. The molecule has 66 valence electrons. The predicted molar refractivity (Wildman–Crippen MR) is 60.6 cm³/mol. The molecular formula is C8H14Br2Se. The molecule has 0 aromatic heterocycles. The van der Waals surface area contributed by atoms with Gasteiger partial charge in [0.2, 0.25) is 0 Å². The van der Waals surface area contributed by atoms with E-state index in [0.29, 0.717) is 15.0 Å². The predicted octanol–water partition coefficient (Wildman–Crippen LogP) is 4.28. The maximum absolute atomic E-state index is 3.58. The van der Waals surface area contributed by atoms with Crippen molar-refractivity contribution in [2.24, 2.45) is 0 Å². The van der Waals surface area contributed by atoms with Gasteiger partial charge in [-0.25, -0.2) is 0 Å². The second-order valence-electron chi connectivity index (χ2n) is 2.34. The molecule has 0 aromatic rings. The molecule has 0 heterocycles. The fourth-order valence-corrected chi connectivity index (χ4v) is 2.74. The van der Waals surface area contributed by atoms with Gasteiger partial charge in [-0.05, 0) is 0 Å². The van der Waals surface area contributed by atoms with Crippen LogP contribution in [-0.2, 0) is 0 Å². The van der Waals surface area contributed by atoms with Crippen LogP contribution in [-0.4, -0.2) is 15.0 Å². The third-order valence-electron chi connectivity index (χ3n) is 1.39. The summed E-state index contributed by atoms with van der Waals surface area (Å²) in [5.74, 6) is 2.22. The van der Waals surface area contributed by atoms with Gasteiger partial charge in [0.05, 0.1) is 0 Å². The monoisotopic (exact) mass is 348 g/mol. The van der Waals surface area contributed by atoms with Crippen LogP contribution in [0.25, 0.3) is 0 Å². The van der Waals surface area contributed by atoms with Gasteiger partial charge in [-0.3, -0.25) is 0 Å². The van der Waals surface area contributed by atoms with Gasteiger partial charge in [0.25, 0.3) is 0 Å². The SMILES string of the molecule is CCCCC/C(Br)=C(\Br)[Se]C. The number of hydrogen-bond acceptors (Lipinski definition) is 0. The van der Waals surface area contributed by atoms with E-state index >= 15 is 0 Å². The average molecular weight is 349 g/mol. The van der Waals surface area contributed by atoms with Gasteiger partial charge in [0.1, 0.15) is 0 Å². The Morgan fingerprint density at radius 1 is 1.27 bits per heavy atom. The van der Waals surface area contributed by atoms with Crippen LogP contribution in [0.3, 0.4) is 0 Å². The van der Waals surface area contributed by atoms with Crippen molar-refractivity contribution in [1.29, 1.82) is 0 Å². The Bertz CT molecular complexity index is 132. The molecule has 0 rings (SSSR count). The first kappa shape index (κ1) is 12.2. The first-order chi connectivity index (χ1) is 5.22. The Hall–Kier alpha value is 1.22. The topological polar surface area (TPSA) is 0 Å². The van der Waals surface area contributed by atoms with Gasteiger partial charge in [0.15, 0.2) is 0 Å². The summed E-state index contributed by atoms with van der Waals surface area (Å²) in [5.41, 5.74) is 0. The summed E-state index contributed by atoms with van der Waals surface area (Å²) in [6.45, 7) is 2.23. The molecule has 0 nitrogen and oxygen atoms in total. The molecular weight excluding hydrogens is 335 g/mol. The Balaban J connectivity index is 3.58. The van der Waals surface area contributed by atoms with Crippen LogP contribution >= 0.6 is 31.9 Å². The molecule has 0 N–H and O–H groups in total. The fraction of sp³-hybridized carbons (Fsp3) is 0.750. The van der Waals surface area contributed by atoms with E-state index in [0.717, 1.165) is 0 Å². The summed E-state index contributed by atoms with van der Waals surface area (Å²) in [6.07, 6.45) is 5.15. The van der Waals surface area contributed by atoms with Gasteiger partial charge in [-0.15, -0.1) is 0 Å². The fourth-order valence-electron chi connectivity index (χ4n) is 0.739. The van der Waals surface area contributed by atoms with E-state index in [2.05, 4.69) is 44.6 Å². The van der Waals surface area contributed by atoms with Crippen molar-refractivity contribution < 1.29 is 0 Å². The Morgan fingerprint density at radius 2 is 1.91 bits per heavy atom. The molecule has 0 amide bonds. The number of hydrogen-bond donors (Lipinski definition) is 0. The van der Waals surface area contributed by atoms with Crippen molar-refractivity contribution in [3.05, 3.63) is 7.86 Å². The molecule has 0 saturated carbocycles. The first-order valence-corrected chi connectivity index (χ1v) is 7.96. The van der Waals surface area contributed by atoms with E-state index in [9.17, 15) is 0 Å². The summed E-state index contributed by atoms with van der Waals surface area (Å²) in [5, 5.41) is 0. The van der Waals surface area contributed by atoms with Crippen LogP contribution in [0, 0.1) is 0 Å². The van der Waals surface area contributed by atoms with Crippen molar-refractivity contribution in [3.8, 4) is 0 Å². The molecule has 3 heteroatoms. The zero-order valence-electron chi connectivity index (χ0n) is 6.99. The Labute approximate surface area is 92.6 Å². The zero-order valence-corrected chi connectivity index (χ0v) is 11.9. The summed E-state index contributed by atoms with van der Waals surface area (Å²) in [4.78, 5) is 0. The molecule has 0 aliphatic carbocycles. The third kappa shape index (κ3) is 6.39. The van der Waals surface area contributed by atoms with Crippen molar-refractivity contribution in [3.63, 3.8) is 0 Å². The molecule has 11 heavy (non-hydrogen) atoms. The van der Waals surface area contributed by atoms with Crippen molar-refractivity contribution in [2.45, 2.75) is 38.4 Å². The Morgan fingerprint density at radius 3 is 2.36 bits per heavy atom. The maximum atomic E-state index is 3.58. The standard InChI is InChI=1S/C8H14Br2Se/c1-3-4-5-6-7(9)8(10)11-2/h3-6H2,1-2H3/b8-7-. The molecule has 0 aliphatic heterocycles. The van der Waals surface area contributed by atoms with E-state index in [-0.39, 0.29) is 0 Å². The number of halogens is 2. The molecule has 0 radical (unpaired) electrons. The quantitative estimate of drug-likeness (QED) is 0.514. The van der Waals surface area contributed by atoms with Gasteiger partial charge in [0, 0.05) is 0 Å². The number of allylic oxidation sites excluding steroid dienone is 1. The van der Waals surface area contributed by atoms with E-state index in [1.54, 1.807) is 0 Å². The van der Waals surface area contributed by atoms with Crippen molar-refractivity contribution >= 4 is 46.8 Å². The second-order valence-corrected chi connectivity index (χ2v) is 6.98. The minimum absolute atomic E-state index is 0.602. The van der Waals surface area contributed by atoms with Gasteiger partial charge >= 0.3 is 93.1 Å². The van der Waals surface area contributed by atoms with Gasteiger partial charge < -0.3 is 0 Å². The van der Waals surface area contributed by atoms with E-state index in [1.165, 1.54) is 33.5 Å². The van der Waals surface area contributed by atoms with Crippen LogP contribution < -0.4 is 0 Å². The normalized spacial score (nSPS) is 13.1. The molecule has 0 unspecified atom stereocenters. The molecule has 0 atom stereocenters. The number of rotatable bonds is 5. The molecule has 0 aromatic carbocycles. The summed E-state index contributed by atoms with van der Waals surface area (Å²) >= 11 is 7.74. The summed E-state index contributed by atoms with van der Waals surface area (Å²) in [6, 6.07) is 0. The van der Waals surface area contributed by atoms with Crippen molar-refractivity contribution in [1.82, 2.24) is 0 Å². The molecule has 0 saturated heterocycles.